The van der Waals surface area contributed by atoms with Crippen molar-refractivity contribution in [1.29, 1.82) is 0 Å². The summed E-state index contributed by atoms with van der Waals surface area (Å²) in [6.07, 6.45) is -0.620. The minimum absolute atomic E-state index is 0. The van der Waals surface area contributed by atoms with Gasteiger partial charge in [0, 0.05) is 17.6 Å². The molecule has 52 valence electrons. The van der Waals surface area contributed by atoms with Crippen molar-refractivity contribution in [2.45, 2.75) is 11.7 Å². The Balaban J connectivity index is -0.000000320. The van der Waals surface area contributed by atoms with Crippen molar-refractivity contribution in [3.63, 3.8) is 0 Å². The quantitative estimate of drug-likeness (QED) is 0.383. The Labute approximate surface area is 155 Å². The van der Waals surface area contributed by atoms with E-state index in [9.17, 15) is 19.8 Å². The molecule has 0 aliphatic carbocycles. The number of carbonyl (C=O) groups excluding carboxylic acids is 2. The molecule has 0 aliphatic rings. The smallest absolute Gasteiger partial charge is 0.550 e. The van der Waals surface area contributed by atoms with Gasteiger partial charge in [-0.1, -0.05) is 0 Å². The molecule has 0 heterocycles. The van der Waals surface area contributed by atoms with Gasteiger partial charge in [0.25, 0.3) is 0 Å². The molecule has 0 fully saturated rings. The number of hydrogen-bond acceptors (Lipinski definition) is 5. The van der Waals surface area contributed by atoms with Gasteiger partial charge in [0.05, 0.1) is 5.97 Å². The molecule has 0 aliphatic heterocycles. The van der Waals surface area contributed by atoms with E-state index in [0.717, 1.165) is 0 Å². The first-order valence-corrected chi connectivity index (χ1v) is 2.64. The van der Waals surface area contributed by atoms with Crippen LogP contribution < -0.4 is 113 Å². The van der Waals surface area contributed by atoms with Gasteiger partial charge in [-0.25, -0.2) is 0 Å². The number of rotatable bonds is 3. The van der Waals surface area contributed by atoms with Crippen molar-refractivity contribution in [2.24, 2.45) is 0 Å². The minimum Gasteiger partial charge on any atom is -0.550 e. The van der Waals surface area contributed by atoms with E-state index in [1.807, 2.05) is 0 Å². The second-order valence-corrected chi connectivity index (χ2v) is 2.03. The zero-order chi connectivity index (χ0) is 7.44. The normalized spacial score (nSPS) is 10.3. The van der Waals surface area contributed by atoms with E-state index in [1.165, 1.54) is 0 Å². The Morgan fingerprint density at radius 1 is 1.27 bits per heavy atom. The summed E-state index contributed by atoms with van der Waals surface area (Å²) in [5.74, 6) is -2.94. The summed E-state index contributed by atoms with van der Waals surface area (Å²) in [7, 11) is 0. The number of aliphatic carboxylic acids is 2. The van der Waals surface area contributed by atoms with Gasteiger partial charge >= 0.3 is 103 Å². The SMILES string of the molecule is O=C([O-])CC(S)C(=O)[O-].[K+].[K+]. The summed E-state index contributed by atoms with van der Waals surface area (Å²) in [6.45, 7) is 0. The Morgan fingerprint density at radius 3 is 1.73 bits per heavy atom. The maximum Gasteiger partial charge on any atom is 1.00 e. The predicted molar refractivity (Wildman–Crippen MR) is 27.4 cm³/mol. The largest absolute Gasteiger partial charge is 1.00 e. The van der Waals surface area contributed by atoms with E-state index < -0.39 is 23.6 Å². The number of carboxylic acid groups (broad SMARTS) is 2. The van der Waals surface area contributed by atoms with Crippen molar-refractivity contribution >= 4 is 24.6 Å². The van der Waals surface area contributed by atoms with Gasteiger partial charge in [-0.2, -0.15) is 12.6 Å². The van der Waals surface area contributed by atoms with E-state index in [2.05, 4.69) is 12.6 Å². The molecular formula is C4H4K2O4S. The molecule has 0 aromatic rings. The van der Waals surface area contributed by atoms with Gasteiger partial charge in [0.1, 0.15) is 0 Å². The molecule has 0 bridgehead atoms. The van der Waals surface area contributed by atoms with E-state index in [0.29, 0.717) is 0 Å². The maximum absolute atomic E-state index is 9.76. The Morgan fingerprint density at radius 2 is 1.64 bits per heavy atom. The molecule has 0 spiro atoms. The molecule has 1 unspecified atom stereocenters. The summed E-state index contributed by atoms with van der Waals surface area (Å²) in [4.78, 5) is 19.4. The summed E-state index contributed by atoms with van der Waals surface area (Å²) in [6, 6.07) is 0. The Hall–Kier alpha value is 2.56. The van der Waals surface area contributed by atoms with Crippen LogP contribution in [0.25, 0.3) is 0 Å². The van der Waals surface area contributed by atoms with Gasteiger partial charge in [0.2, 0.25) is 0 Å². The van der Waals surface area contributed by atoms with Gasteiger partial charge in [-0.15, -0.1) is 0 Å². The molecule has 7 heteroatoms. The van der Waals surface area contributed by atoms with Crippen molar-refractivity contribution in [1.82, 2.24) is 0 Å². The molecule has 0 N–H and O–H groups in total. The second kappa shape index (κ2) is 10.6. The molecule has 11 heavy (non-hydrogen) atoms. The van der Waals surface area contributed by atoms with Crippen molar-refractivity contribution < 1.29 is 123 Å². The first-order valence-electron chi connectivity index (χ1n) is 2.13. The van der Waals surface area contributed by atoms with Crippen LogP contribution in [0.3, 0.4) is 0 Å². The molecule has 0 aromatic carbocycles. The molecular weight excluding hydrogens is 222 g/mol. The van der Waals surface area contributed by atoms with Gasteiger partial charge in [0.15, 0.2) is 0 Å². The fourth-order valence-corrected chi connectivity index (χ4v) is 0.390. The average molecular weight is 226 g/mol. The molecule has 0 radical (unpaired) electrons. The van der Waals surface area contributed by atoms with Gasteiger partial charge < -0.3 is 19.8 Å². The van der Waals surface area contributed by atoms with Crippen LogP contribution in [0, 0.1) is 0 Å². The molecule has 0 saturated heterocycles. The van der Waals surface area contributed by atoms with Crippen molar-refractivity contribution in [3.05, 3.63) is 0 Å². The summed E-state index contributed by atoms with van der Waals surface area (Å²) in [5, 5.41) is 18.2. The fraction of sp³-hybridized carbons (Fsp3) is 0.500. The van der Waals surface area contributed by atoms with Gasteiger partial charge in [-0.3, -0.25) is 0 Å². The van der Waals surface area contributed by atoms with Crippen LogP contribution in [0.1, 0.15) is 6.42 Å². The number of carboxylic acids is 2. The van der Waals surface area contributed by atoms with Crippen LogP contribution in [0.4, 0.5) is 0 Å². The third-order valence-corrected chi connectivity index (χ3v) is 1.03. The third kappa shape index (κ3) is 12.6. The standard InChI is InChI=1S/C4H6O4S.2K/c5-3(6)1-2(9)4(7)8;;/h2,9H,1H2,(H,5,6)(H,7,8);;/q;2*+1/p-2. The topological polar surface area (TPSA) is 80.3 Å². The Kier molecular flexibility index (Phi) is 18.6. The molecule has 4 nitrogen and oxygen atoms in total. The fourth-order valence-electron chi connectivity index (χ4n) is 0.241. The predicted octanol–water partition coefficient (Wildman–Crippen LogP) is -8.82. The third-order valence-electron chi connectivity index (χ3n) is 0.632. The van der Waals surface area contributed by atoms with Crippen molar-refractivity contribution in [3.8, 4) is 0 Å². The van der Waals surface area contributed by atoms with Crippen LogP contribution in [0.5, 0.6) is 0 Å². The van der Waals surface area contributed by atoms with Gasteiger partial charge in [-0.05, 0) is 0 Å². The van der Waals surface area contributed by atoms with Crippen LogP contribution >= 0.6 is 12.6 Å². The summed E-state index contributed by atoms with van der Waals surface area (Å²) < 4.78 is 0. The van der Waals surface area contributed by atoms with Crippen LogP contribution in [0.2, 0.25) is 0 Å². The minimum atomic E-state index is -1.50. The van der Waals surface area contributed by atoms with Crippen LogP contribution in [-0.2, 0) is 9.59 Å². The summed E-state index contributed by atoms with van der Waals surface area (Å²) >= 11 is 3.38. The van der Waals surface area contributed by atoms with E-state index in [4.69, 9.17) is 0 Å². The van der Waals surface area contributed by atoms with E-state index >= 15 is 0 Å². The second-order valence-electron chi connectivity index (χ2n) is 1.41. The molecule has 0 rings (SSSR count). The van der Waals surface area contributed by atoms with E-state index in [1.54, 1.807) is 0 Å². The number of hydrogen-bond donors (Lipinski definition) is 1. The zero-order valence-corrected chi connectivity index (χ0v) is 13.5. The molecule has 0 saturated carbocycles. The molecule has 0 aromatic heterocycles. The zero-order valence-electron chi connectivity index (χ0n) is 6.36. The van der Waals surface area contributed by atoms with Crippen LogP contribution in [0.15, 0.2) is 0 Å². The van der Waals surface area contributed by atoms with E-state index in [-0.39, 0.29) is 103 Å². The molecule has 1 atom stereocenters. The summed E-state index contributed by atoms with van der Waals surface area (Å²) in [5.41, 5.74) is 0. The Bertz CT molecular complexity index is 140. The average Bonchev–Trinajstić information content (AvgIpc) is 1.63. The maximum atomic E-state index is 9.76. The van der Waals surface area contributed by atoms with Crippen molar-refractivity contribution in [2.75, 3.05) is 0 Å². The number of thiol groups is 1. The number of carbonyl (C=O) groups is 2. The van der Waals surface area contributed by atoms with Crippen LogP contribution in [-0.4, -0.2) is 17.2 Å². The monoisotopic (exact) mass is 226 g/mol. The first kappa shape index (κ1) is 19.2. The first-order chi connectivity index (χ1) is 4.04. The molecule has 0 amide bonds.